The molecular weight excluding hydrogens is 387 g/mol. The van der Waals surface area contributed by atoms with Gasteiger partial charge in [-0.05, 0) is 46.2 Å². The minimum Gasteiger partial charge on any atom is -0.384 e. The van der Waals surface area contributed by atoms with Gasteiger partial charge in [-0.15, -0.1) is 11.3 Å². The van der Waals surface area contributed by atoms with Crippen LogP contribution in [0.4, 0.5) is 11.4 Å². The Balaban J connectivity index is 2.08. The SMILES string of the molecule is CC(C)(CNc1ccc([N+](=O)[O-])c(I)c1)c1cccs1. The van der Waals surface area contributed by atoms with Gasteiger partial charge in [-0.1, -0.05) is 19.9 Å². The minimum absolute atomic E-state index is 0.0291. The van der Waals surface area contributed by atoms with Crippen LogP contribution in [-0.2, 0) is 5.41 Å². The molecular formula is C14H15IN2O2S. The summed E-state index contributed by atoms with van der Waals surface area (Å²) in [7, 11) is 0. The molecule has 2 aromatic rings. The maximum absolute atomic E-state index is 10.8. The van der Waals surface area contributed by atoms with Crippen molar-refractivity contribution in [1.29, 1.82) is 0 Å². The topological polar surface area (TPSA) is 55.2 Å². The number of rotatable bonds is 5. The molecule has 2 rings (SSSR count). The van der Waals surface area contributed by atoms with Gasteiger partial charge in [0.15, 0.2) is 0 Å². The molecule has 0 aliphatic rings. The number of hydrogen-bond acceptors (Lipinski definition) is 4. The van der Waals surface area contributed by atoms with Gasteiger partial charge in [-0.2, -0.15) is 0 Å². The normalized spacial score (nSPS) is 11.3. The Morgan fingerprint density at radius 1 is 1.40 bits per heavy atom. The van der Waals surface area contributed by atoms with E-state index in [1.165, 1.54) is 4.88 Å². The lowest BCUT2D eigenvalue weighted by atomic mass is 9.91. The lowest BCUT2D eigenvalue weighted by Gasteiger charge is -2.24. The number of nitro benzene ring substituents is 1. The van der Waals surface area contributed by atoms with Crippen molar-refractivity contribution in [2.24, 2.45) is 0 Å². The monoisotopic (exact) mass is 402 g/mol. The van der Waals surface area contributed by atoms with Crippen LogP contribution in [0.25, 0.3) is 0 Å². The van der Waals surface area contributed by atoms with Gasteiger partial charge in [0.1, 0.15) is 0 Å². The van der Waals surface area contributed by atoms with Crippen LogP contribution in [-0.4, -0.2) is 11.5 Å². The van der Waals surface area contributed by atoms with Crippen molar-refractivity contribution in [3.63, 3.8) is 0 Å². The summed E-state index contributed by atoms with van der Waals surface area (Å²) in [6.45, 7) is 5.14. The molecule has 0 bridgehead atoms. The van der Waals surface area contributed by atoms with Crippen LogP contribution in [0.3, 0.4) is 0 Å². The summed E-state index contributed by atoms with van der Waals surface area (Å²) in [5, 5.41) is 16.2. The predicted octanol–water partition coefficient (Wildman–Crippen LogP) is 4.65. The van der Waals surface area contributed by atoms with Gasteiger partial charge in [-0.3, -0.25) is 10.1 Å². The van der Waals surface area contributed by atoms with Gasteiger partial charge in [0.25, 0.3) is 5.69 Å². The second-order valence-electron chi connectivity index (χ2n) is 5.14. The third kappa shape index (κ3) is 3.49. The zero-order chi connectivity index (χ0) is 14.8. The first-order valence-electron chi connectivity index (χ1n) is 6.12. The lowest BCUT2D eigenvalue weighted by molar-refractivity contribution is -0.385. The van der Waals surface area contributed by atoms with E-state index >= 15 is 0 Å². The van der Waals surface area contributed by atoms with Crippen LogP contribution < -0.4 is 5.32 Å². The summed E-state index contributed by atoms with van der Waals surface area (Å²) >= 11 is 3.74. The molecule has 0 aliphatic carbocycles. The molecule has 0 atom stereocenters. The van der Waals surface area contributed by atoms with Crippen molar-refractivity contribution in [3.05, 3.63) is 54.3 Å². The molecule has 0 fully saturated rings. The molecule has 0 unspecified atom stereocenters. The highest BCUT2D eigenvalue weighted by Crippen LogP contribution is 2.29. The summed E-state index contributed by atoms with van der Waals surface area (Å²) < 4.78 is 0.645. The number of halogens is 1. The van der Waals surface area contributed by atoms with E-state index in [1.807, 2.05) is 28.7 Å². The van der Waals surface area contributed by atoms with Crippen molar-refractivity contribution >= 4 is 45.3 Å². The average Bonchev–Trinajstić information content (AvgIpc) is 2.90. The van der Waals surface area contributed by atoms with E-state index in [0.717, 1.165) is 12.2 Å². The summed E-state index contributed by atoms with van der Waals surface area (Å²) in [5.74, 6) is 0. The van der Waals surface area contributed by atoms with Crippen LogP contribution in [0.2, 0.25) is 0 Å². The second-order valence-corrected chi connectivity index (χ2v) is 7.25. The van der Waals surface area contributed by atoms with Crippen molar-refractivity contribution in [2.45, 2.75) is 19.3 Å². The highest BCUT2D eigenvalue weighted by Gasteiger charge is 2.21. The van der Waals surface area contributed by atoms with E-state index in [9.17, 15) is 10.1 Å². The highest BCUT2D eigenvalue weighted by atomic mass is 127. The number of hydrogen-bond donors (Lipinski definition) is 1. The third-order valence-electron chi connectivity index (χ3n) is 3.07. The summed E-state index contributed by atoms with van der Waals surface area (Å²) in [6.07, 6.45) is 0. The van der Waals surface area contributed by atoms with Gasteiger partial charge in [0.05, 0.1) is 8.49 Å². The molecule has 0 radical (unpaired) electrons. The first kappa shape index (κ1) is 15.2. The zero-order valence-electron chi connectivity index (χ0n) is 11.2. The molecule has 0 amide bonds. The van der Waals surface area contributed by atoms with E-state index in [2.05, 4.69) is 36.7 Å². The predicted molar refractivity (Wildman–Crippen MR) is 91.6 cm³/mol. The second kappa shape index (κ2) is 6.09. The first-order chi connectivity index (χ1) is 9.40. The van der Waals surface area contributed by atoms with Crippen molar-refractivity contribution in [1.82, 2.24) is 0 Å². The Labute approximate surface area is 135 Å². The molecule has 106 valence electrons. The van der Waals surface area contributed by atoms with Gasteiger partial charge in [0.2, 0.25) is 0 Å². The smallest absolute Gasteiger partial charge is 0.282 e. The fourth-order valence-corrected chi connectivity index (χ4v) is 3.40. The molecule has 1 heterocycles. The number of thiophene rings is 1. The molecule has 20 heavy (non-hydrogen) atoms. The Morgan fingerprint density at radius 2 is 2.15 bits per heavy atom. The Bertz CT molecular complexity index is 612. The van der Waals surface area contributed by atoms with E-state index in [0.29, 0.717) is 3.57 Å². The van der Waals surface area contributed by atoms with Gasteiger partial charge in [0, 0.05) is 28.6 Å². The molecule has 6 heteroatoms. The number of nitro groups is 1. The number of nitrogens with one attached hydrogen (secondary N) is 1. The molecule has 1 N–H and O–H groups in total. The third-order valence-corrected chi connectivity index (χ3v) is 5.17. The van der Waals surface area contributed by atoms with Crippen molar-refractivity contribution in [3.8, 4) is 0 Å². The zero-order valence-corrected chi connectivity index (χ0v) is 14.2. The molecule has 1 aromatic heterocycles. The average molecular weight is 402 g/mol. The summed E-state index contributed by atoms with van der Waals surface area (Å²) in [5.41, 5.74) is 1.08. The van der Waals surface area contributed by atoms with E-state index in [4.69, 9.17) is 0 Å². The molecule has 0 aliphatic heterocycles. The standard InChI is InChI=1S/C14H15IN2O2S/c1-14(2,13-4-3-7-20-13)9-16-10-5-6-12(17(18)19)11(15)8-10/h3-8,16H,9H2,1-2H3. The molecule has 1 aromatic carbocycles. The molecule has 0 saturated carbocycles. The van der Waals surface area contributed by atoms with Crippen molar-refractivity contribution in [2.75, 3.05) is 11.9 Å². The molecule has 4 nitrogen and oxygen atoms in total. The maximum atomic E-state index is 10.8. The van der Waals surface area contributed by atoms with Gasteiger partial charge in [-0.25, -0.2) is 0 Å². The fraction of sp³-hybridized carbons (Fsp3) is 0.286. The maximum Gasteiger partial charge on any atom is 0.282 e. The Kier molecular flexibility index (Phi) is 4.64. The summed E-state index contributed by atoms with van der Waals surface area (Å²) in [4.78, 5) is 11.7. The van der Waals surface area contributed by atoms with Crippen LogP contribution in [0.15, 0.2) is 35.7 Å². The lowest BCUT2D eigenvalue weighted by Crippen LogP contribution is -2.26. The highest BCUT2D eigenvalue weighted by molar-refractivity contribution is 14.1. The quantitative estimate of drug-likeness (QED) is 0.450. The van der Waals surface area contributed by atoms with Crippen molar-refractivity contribution < 1.29 is 4.92 Å². The van der Waals surface area contributed by atoms with Crippen LogP contribution in [0.5, 0.6) is 0 Å². The molecule has 0 spiro atoms. The molecule has 0 saturated heterocycles. The van der Waals surface area contributed by atoms with E-state index in [-0.39, 0.29) is 16.0 Å². The Morgan fingerprint density at radius 3 is 2.70 bits per heavy atom. The minimum atomic E-state index is -0.360. The van der Waals surface area contributed by atoms with Crippen LogP contribution in [0, 0.1) is 13.7 Å². The number of benzene rings is 1. The number of nitrogens with zero attached hydrogens (tertiary/aromatic N) is 1. The van der Waals surface area contributed by atoms with Gasteiger partial charge < -0.3 is 5.32 Å². The van der Waals surface area contributed by atoms with E-state index < -0.39 is 0 Å². The van der Waals surface area contributed by atoms with Gasteiger partial charge >= 0.3 is 0 Å². The Hall–Kier alpha value is -1.15. The van der Waals surface area contributed by atoms with E-state index in [1.54, 1.807) is 23.5 Å². The largest absolute Gasteiger partial charge is 0.384 e. The number of anilines is 1. The fourth-order valence-electron chi connectivity index (χ4n) is 1.84. The van der Waals surface area contributed by atoms with Crippen LogP contribution in [0.1, 0.15) is 18.7 Å². The summed E-state index contributed by atoms with van der Waals surface area (Å²) in [6, 6.07) is 9.29. The van der Waals surface area contributed by atoms with Crippen LogP contribution >= 0.6 is 33.9 Å². The first-order valence-corrected chi connectivity index (χ1v) is 8.08.